The second-order valence-electron chi connectivity index (χ2n) is 5.88. The van der Waals surface area contributed by atoms with Gasteiger partial charge in [-0.15, -0.1) is 0 Å². The van der Waals surface area contributed by atoms with Crippen molar-refractivity contribution < 1.29 is 22.2 Å². The number of anilines is 2. The van der Waals surface area contributed by atoms with Gasteiger partial charge in [0.15, 0.2) is 5.82 Å². The van der Waals surface area contributed by atoms with Crippen LogP contribution in [0.25, 0.3) is 0 Å². The quantitative estimate of drug-likeness (QED) is 0.507. The highest BCUT2D eigenvalue weighted by Crippen LogP contribution is 2.19. The summed E-state index contributed by atoms with van der Waals surface area (Å²) in [5, 5.41) is 6.35. The van der Waals surface area contributed by atoms with Crippen molar-refractivity contribution >= 4 is 39.2 Å². The first kappa shape index (κ1) is 20.0. The first-order valence-corrected chi connectivity index (χ1v) is 11.0. The minimum atomic E-state index is -3.78. The maximum atomic E-state index is 12.3. The molecule has 0 atom stereocenters. The molecule has 1 aromatic carbocycles. The molecule has 0 fully saturated rings. The first-order valence-electron chi connectivity index (χ1n) is 8.38. The van der Waals surface area contributed by atoms with Crippen LogP contribution in [0.3, 0.4) is 0 Å². The van der Waals surface area contributed by atoms with Gasteiger partial charge in [0.25, 0.3) is 10.0 Å². The average Bonchev–Trinajstić information content (AvgIpc) is 3.31. The van der Waals surface area contributed by atoms with E-state index < -0.39 is 10.0 Å². The number of rotatable bonds is 9. The van der Waals surface area contributed by atoms with Crippen LogP contribution in [0.2, 0.25) is 0 Å². The highest BCUT2D eigenvalue weighted by molar-refractivity contribution is 7.98. The van der Waals surface area contributed by atoms with E-state index in [4.69, 9.17) is 8.94 Å². The molecule has 0 aliphatic carbocycles. The summed E-state index contributed by atoms with van der Waals surface area (Å²) in [5.74, 6) is 2.71. The number of amides is 1. The van der Waals surface area contributed by atoms with Crippen LogP contribution >= 0.6 is 11.8 Å². The van der Waals surface area contributed by atoms with E-state index in [-0.39, 0.29) is 16.6 Å². The van der Waals surface area contributed by atoms with E-state index in [9.17, 15) is 13.2 Å². The van der Waals surface area contributed by atoms with E-state index in [0.29, 0.717) is 29.4 Å². The Morgan fingerprint density at radius 1 is 1.21 bits per heavy atom. The number of nitrogens with zero attached hydrogens (tertiary/aromatic N) is 1. The number of carbonyl (C=O) groups is 1. The standard InChI is InChI=1S/C18H19N3O5S2/c1-13-11-17(20-26-13)21-28(23,24)16-6-4-14(5-7-16)19-18(22)8-10-27-12-15-3-2-9-25-15/h2-7,9,11H,8,10,12H2,1H3,(H,19,22)(H,20,21). The summed E-state index contributed by atoms with van der Waals surface area (Å²) in [4.78, 5) is 12.1. The Morgan fingerprint density at radius 3 is 2.64 bits per heavy atom. The van der Waals surface area contributed by atoms with Gasteiger partial charge in [-0.05, 0) is 43.3 Å². The van der Waals surface area contributed by atoms with E-state index in [1.807, 2.05) is 12.1 Å². The van der Waals surface area contributed by atoms with Gasteiger partial charge in [0.05, 0.1) is 16.9 Å². The minimum Gasteiger partial charge on any atom is -0.468 e. The second-order valence-corrected chi connectivity index (χ2v) is 8.67. The Kier molecular flexibility index (Phi) is 6.42. The molecule has 3 aromatic rings. The van der Waals surface area contributed by atoms with E-state index in [0.717, 1.165) is 5.76 Å². The molecule has 0 aliphatic rings. The summed E-state index contributed by atoms with van der Waals surface area (Å²) in [6.07, 6.45) is 1.97. The zero-order valence-electron chi connectivity index (χ0n) is 15.0. The number of nitrogens with one attached hydrogen (secondary N) is 2. The van der Waals surface area contributed by atoms with Crippen LogP contribution in [0.15, 0.2) is 62.6 Å². The molecule has 0 spiro atoms. The summed E-state index contributed by atoms with van der Waals surface area (Å²) in [6.45, 7) is 1.66. The van der Waals surface area contributed by atoms with Crippen LogP contribution in [0, 0.1) is 6.92 Å². The molecule has 0 radical (unpaired) electrons. The number of aryl methyl sites for hydroxylation is 1. The lowest BCUT2D eigenvalue weighted by atomic mass is 10.3. The van der Waals surface area contributed by atoms with E-state index >= 15 is 0 Å². The van der Waals surface area contributed by atoms with Crippen LogP contribution in [0.4, 0.5) is 11.5 Å². The first-order chi connectivity index (χ1) is 13.4. The maximum Gasteiger partial charge on any atom is 0.263 e. The number of carbonyl (C=O) groups excluding carboxylic acids is 1. The number of hydrogen-bond acceptors (Lipinski definition) is 7. The number of hydrogen-bond donors (Lipinski definition) is 2. The van der Waals surface area contributed by atoms with Gasteiger partial charge in [-0.2, -0.15) is 11.8 Å². The number of furan rings is 1. The molecule has 2 heterocycles. The van der Waals surface area contributed by atoms with Gasteiger partial charge < -0.3 is 14.3 Å². The third-order valence-electron chi connectivity index (χ3n) is 3.61. The molecular formula is C18H19N3O5S2. The van der Waals surface area contributed by atoms with Crippen LogP contribution in [0.5, 0.6) is 0 Å². The van der Waals surface area contributed by atoms with Crippen LogP contribution in [0.1, 0.15) is 17.9 Å². The van der Waals surface area contributed by atoms with Crippen molar-refractivity contribution in [3.63, 3.8) is 0 Å². The molecule has 0 saturated heterocycles. The summed E-state index contributed by atoms with van der Waals surface area (Å²) >= 11 is 1.60. The molecule has 0 unspecified atom stereocenters. The number of thioether (sulfide) groups is 1. The summed E-state index contributed by atoms with van der Waals surface area (Å²) in [7, 11) is -3.78. The highest BCUT2D eigenvalue weighted by atomic mass is 32.2. The SMILES string of the molecule is Cc1cc(NS(=O)(=O)c2ccc(NC(=O)CCSCc3ccco3)cc2)no1. The Morgan fingerprint density at radius 2 is 2.00 bits per heavy atom. The maximum absolute atomic E-state index is 12.3. The zero-order valence-corrected chi connectivity index (χ0v) is 16.7. The molecule has 148 valence electrons. The van der Waals surface area contributed by atoms with Crippen LogP contribution < -0.4 is 10.0 Å². The van der Waals surface area contributed by atoms with Gasteiger partial charge >= 0.3 is 0 Å². The Hall–Kier alpha value is -2.72. The smallest absolute Gasteiger partial charge is 0.263 e. The number of aromatic nitrogens is 1. The van der Waals surface area contributed by atoms with Gasteiger partial charge in [-0.3, -0.25) is 9.52 Å². The summed E-state index contributed by atoms with van der Waals surface area (Å²) < 4.78 is 37.1. The second kappa shape index (κ2) is 8.98. The van der Waals surface area contributed by atoms with Gasteiger partial charge in [0, 0.05) is 23.9 Å². The molecular weight excluding hydrogens is 402 g/mol. The highest BCUT2D eigenvalue weighted by Gasteiger charge is 2.16. The van der Waals surface area contributed by atoms with Gasteiger partial charge in [-0.25, -0.2) is 8.42 Å². The Balaban J connectivity index is 1.48. The fourth-order valence-corrected chi connectivity index (χ4v) is 4.11. The molecule has 2 N–H and O–H groups in total. The van der Waals surface area contributed by atoms with E-state index in [2.05, 4.69) is 15.2 Å². The van der Waals surface area contributed by atoms with Gasteiger partial charge in [-0.1, -0.05) is 5.16 Å². The van der Waals surface area contributed by atoms with E-state index in [1.165, 1.54) is 30.3 Å². The topological polar surface area (TPSA) is 114 Å². The summed E-state index contributed by atoms with van der Waals surface area (Å²) in [6, 6.07) is 11.1. The lowest BCUT2D eigenvalue weighted by molar-refractivity contribution is -0.115. The fraction of sp³-hybridized carbons (Fsp3) is 0.222. The van der Waals surface area contributed by atoms with Crippen molar-refractivity contribution in [1.29, 1.82) is 0 Å². The van der Waals surface area contributed by atoms with Crippen molar-refractivity contribution in [3.8, 4) is 0 Å². The van der Waals surface area contributed by atoms with Gasteiger partial charge in [0.2, 0.25) is 5.91 Å². The lowest BCUT2D eigenvalue weighted by Gasteiger charge is -2.08. The molecule has 1 amide bonds. The molecule has 28 heavy (non-hydrogen) atoms. The van der Waals surface area contributed by atoms with Crippen molar-refractivity contribution in [3.05, 3.63) is 60.2 Å². The Bertz CT molecular complexity index is 1010. The molecule has 0 aliphatic heterocycles. The third-order valence-corrected chi connectivity index (χ3v) is 5.97. The van der Waals surface area contributed by atoms with E-state index in [1.54, 1.807) is 24.9 Å². The van der Waals surface area contributed by atoms with Crippen LogP contribution in [-0.2, 0) is 20.6 Å². The Labute approximate surface area is 166 Å². The molecule has 3 rings (SSSR count). The monoisotopic (exact) mass is 421 g/mol. The lowest BCUT2D eigenvalue weighted by Crippen LogP contribution is -2.14. The molecule has 0 bridgehead atoms. The number of sulfonamides is 1. The fourth-order valence-electron chi connectivity index (χ4n) is 2.28. The summed E-state index contributed by atoms with van der Waals surface area (Å²) in [5.41, 5.74) is 0.525. The van der Waals surface area contributed by atoms with Crippen LogP contribution in [-0.4, -0.2) is 25.2 Å². The number of benzene rings is 1. The van der Waals surface area contributed by atoms with Crippen molar-refractivity contribution in [1.82, 2.24) is 5.16 Å². The zero-order chi connectivity index (χ0) is 20.0. The molecule has 0 saturated carbocycles. The van der Waals surface area contributed by atoms with Crippen molar-refractivity contribution in [2.24, 2.45) is 0 Å². The largest absolute Gasteiger partial charge is 0.468 e. The van der Waals surface area contributed by atoms with Crippen molar-refractivity contribution in [2.45, 2.75) is 24.0 Å². The van der Waals surface area contributed by atoms with Gasteiger partial charge in [0.1, 0.15) is 11.5 Å². The minimum absolute atomic E-state index is 0.0557. The normalized spacial score (nSPS) is 11.3. The predicted octanol–water partition coefficient (Wildman–Crippen LogP) is 3.64. The molecule has 2 aromatic heterocycles. The average molecular weight is 422 g/mol. The third kappa shape index (κ3) is 5.64. The molecule has 10 heteroatoms. The van der Waals surface area contributed by atoms with Crippen molar-refractivity contribution in [2.75, 3.05) is 15.8 Å². The predicted molar refractivity (Wildman–Crippen MR) is 107 cm³/mol. The molecule has 8 nitrogen and oxygen atoms in total.